The van der Waals surface area contributed by atoms with E-state index in [1.54, 1.807) is 7.11 Å². The summed E-state index contributed by atoms with van der Waals surface area (Å²) in [6.07, 6.45) is 5.33. The number of hydrogen-bond donors (Lipinski definition) is 0. The standard InChI is InChI=1S/C7H16BrIOSi/c1-3-4-5-6-7-11(8,9)10-2/h3-7H2,1-2H3. The topological polar surface area (TPSA) is 9.23 Å². The first-order chi connectivity index (χ1) is 5.12. The second-order valence-corrected chi connectivity index (χ2v) is 18.4. The summed E-state index contributed by atoms with van der Waals surface area (Å²) < 4.78 is 3.92. The Kier molecular flexibility index (Phi) is 7.72. The number of halogens is 2. The Hall–Kier alpha value is 1.39. The molecule has 0 spiro atoms. The third kappa shape index (κ3) is 7.74. The SMILES string of the molecule is CCCCCC[Si](Br)(I)OC. The van der Waals surface area contributed by atoms with Crippen LogP contribution in [0, 0.1) is 0 Å². The second-order valence-electron chi connectivity index (χ2n) is 2.65. The zero-order valence-corrected chi connectivity index (χ0v) is 11.9. The molecule has 1 unspecified atom stereocenters. The molecule has 0 heterocycles. The molecule has 0 aromatic carbocycles. The molecule has 0 aromatic heterocycles. The fourth-order valence-electron chi connectivity index (χ4n) is 0.860. The van der Waals surface area contributed by atoms with Crippen LogP contribution in [0.2, 0.25) is 6.04 Å². The molecular weight excluding hydrogens is 335 g/mol. The third-order valence-electron chi connectivity index (χ3n) is 1.62. The van der Waals surface area contributed by atoms with E-state index in [1.165, 1.54) is 31.7 Å². The van der Waals surface area contributed by atoms with Gasteiger partial charge in [-0.3, -0.25) is 0 Å². The van der Waals surface area contributed by atoms with Crippen molar-refractivity contribution in [2.75, 3.05) is 7.11 Å². The van der Waals surface area contributed by atoms with Crippen molar-refractivity contribution in [2.45, 2.75) is 38.7 Å². The van der Waals surface area contributed by atoms with Crippen LogP contribution in [0.1, 0.15) is 32.6 Å². The van der Waals surface area contributed by atoms with Gasteiger partial charge in [0.15, 0.2) is 0 Å². The van der Waals surface area contributed by atoms with Gasteiger partial charge in [0.05, 0.1) is 0 Å². The van der Waals surface area contributed by atoms with Crippen molar-refractivity contribution in [1.29, 1.82) is 0 Å². The van der Waals surface area contributed by atoms with Gasteiger partial charge >= 0.3 is 4.43 Å². The minimum absolute atomic E-state index is 1.23. The van der Waals surface area contributed by atoms with Crippen molar-refractivity contribution in [2.24, 2.45) is 0 Å². The minimum Gasteiger partial charge on any atom is -0.403 e. The maximum absolute atomic E-state index is 5.36. The lowest BCUT2D eigenvalue weighted by Crippen LogP contribution is -2.19. The normalized spacial score (nSPS) is 16.4. The number of rotatable bonds is 6. The second kappa shape index (κ2) is 6.86. The Morgan fingerprint density at radius 1 is 1.36 bits per heavy atom. The highest BCUT2D eigenvalue weighted by Gasteiger charge is 2.25. The number of unbranched alkanes of at least 4 members (excludes halogenated alkanes) is 3. The monoisotopic (exact) mass is 350 g/mol. The lowest BCUT2D eigenvalue weighted by atomic mass is 10.2. The lowest BCUT2D eigenvalue weighted by molar-refractivity contribution is 0.431. The average molecular weight is 351 g/mol. The van der Waals surface area contributed by atoms with E-state index < -0.39 is 4.43 Å². The summed E-state index contributed by atoms with van der Waals surface area (Å²) in [5.41, 5.74) is 0. The fourth-order valence-corrected chi connectivity index (χ4v) is 3.71. The van der Waals surface area contributed by atoms with Gasteiger partial charge in [-0.2, -0.15) is 0 Å². The Labute approximate surface area is 91.2 Å². The maximum atomic E-state index is 5.36. The highest BCUT2D eigenvalue weighted by atomic mass is 127. The molecule has 0 rings (SSSR count). The van der Waals surface area contributed by atoms with Crippen LogP contribution in [0.25, 0.3) is 0 Å². The van der Waals surface area contributed by atoms with E-state index in [0.29, 0.717) is 0 Å². The molecule has 0 aromatic rings. The van der Waals surface area contributed by atoms with Crippen molar-refractivity contribution in [3.05, 3.63) is 0 Å². The van der Waals surface area contributed by atoms with Gasteiger partial charge in [-0.15, -0.1) is 0 Å². The van der Waals surface area contributed by atoms with Crippen LogP contribution in [0.5, 0.6) is 0 Å². The van der Waals surface area contributed by atoms with Crippen LogP contribution >= 0.6 is 37.1 Å². The van der Waals surface area contributed by atoms with Gasteiger partial charge in [0, 0.05) is 7.11 Å². The fraction of sp³-hybridized carbons (Fsp3) is 1.00. The molecule has 4 heteroatoms. The predicted molar refractivity (Wildman–Crippen MR) is 64.7 cm³/mol. The van der Waals surface area contributed by atoms with E-state index in [9.17, 15) is 0 Å². The van der Waals surface area contributed by atoms with Crippen LogP contribution in [0.4, 0.5) is 0 Å². The van der Waals surface area contributed by atoms with Crippen molar-refractivity contribution >= 4 is 41.5 Å². The van der Waals surface area contributed by atoms with Gasteiger partial charge < -0.3 is 4.43 Å². The van der Waals surface area contributed by atoms with Gasteiger partial charge in [0.2, 0.25) is 0 Å². The summed E-state index contributed by atoms with van der Waals surface area (Å²) in [5, 5.41) is 0. The molecular formula is C7H16BrIOSi. The first-order valence-electron chi connectivity index (χ1n) is 4.05. The molecule has 11 heavy (non-hydrogen) atoms. The summed E-state index contributed by atoms with van der Waals surface area (Å²) in [4.78, 5) is 0. The number of hydrogen-bond acceptors (Lipinski definition) is 1. The summed E-state index contributed by atoms with van der Waals surface area (Å²) in [6.45, 7) is 2.24. The van der Waals surface area contributed by atoms with Gasteiger partial charge in [0.25, 0.3) is 0 Å². The first-order valence-corrected chi connectivity index (χ1v) is 11.5. The van der Waals surface area contributed by atoms with Gasteiger partial charge in [0.1, 0.15) is 0 Å². The van der Waals surface area contributed by atoms with Gasteiger partial charge in [-0.1, -0.05) is 69.7 Å². The van der Waals surface area contributed by atoms with Crippen molar-refractivity contribution in [3.8, 4) is 0 Å². The van der Waals surface area contributed by atoms with Crippen LogP contribution < -0.4 is 0 Å². The first kappa shape index (κ1) is 12.4. The minimum atomic E-state index is -1.44. The zero-order valence-electron chi connectivity index (χ0n) is 7.20. The average Bonchev–Trinajstić information content (AvgIpc) is 1.99. The van der Waals surface area contributed by atoms with E-state index in [0.717, 1.165) is 0 Å². The van der Waals surface area contributed by atoms with Crippen LogP contribution in [0.3, 0.4) is 0 Å². The van der Waals surface area contributed by atoms with Gasteiger partial charge in [-0.25, -0.2) is 0 Å². The molecule has 0 bridgehead atoms. The predicted octanol–water partition coefficient (Wildman–Crippen LogP) is 3.98. The summed E-state index contributed by atoms with van der Waals surface area (Å²) in [6, 6.07) is 1.23. The highest BCUT2D eigenvalue weighted by molar-refractivity contribution is 14.1. The van der Waals surface area contributed by atoms with E-state index >= 15 is 0 Å². The molecule has 0 N–H and O–H groups in total. The van der Waals surface area contributed by atoms with Crippen molar-refractivity contribution in [1.82, 2.24) is 0 Å². The largest absolute Gasteiger partial charge is 0.403 e. The molecule has 0 saturated heterocycles. The molecule has 0 aliphatic rings. The molecule has 0 radical (unpaired) electrons. The Balaban J connectivity index is 3.23. The smallest absolute Gasteiger partial charge is 0.330 e. The van der Waals surface area contributed by atoms with E-state index in [2.05, 4.69) is 44.0 Å². The van der Waals surface area contributed by atoms with Gasteiger partial charge in [-0.05, 0) is 6.04 Å². The highest BCUT2D eigenvalue weighted by Crippen LogP contribution is 2.28. The molecule has 68 valence electrons. The molecule has 0 fully saturated rings. The molecule has 0 amide bonds. The Bertz CT molecular complexity index is 100. The van der Waals surface area contributed by atoms with Crippen LogP contribution in [-0.4, -0.2) is 11.5 Å². The molecule has 0 aliphatic heterocycles. The maximum Gasteiger partial charge on any atom is 0.330 e. The lowest BCUT2D eigenvalue weighted by Gasteiger charge is -2.14. The van der Waals surface area contributed by atoms with Crippen molar-refractivity contribution < 1.29 is 4.43 Å². The summed E-state index contributed by atoms with van der Waals surface area (Å²) >= 11 is 6.06. The van der Waals surface area contributed by atoms with Crippen LogP contribution in [0.15, 0.2) is 0 Å². The van der Waals surface area contributed by atoms with Crippen molar-refractivity contribution in [3.63, 3.8) is 0 Å². The molecule has 1 nitrogen and oxygen atoms in total. The Morgan fingerprint density at radius 3 is 2.45 bits per heavy atom. The van der Waals surface area contributed by atoms with E-state index in [1.807, 2.05) is 0 Å². The summed E-state index contributed by atoms with van der Waals surface area (Å²) in [7, 11) is 1.80. The summed E-state index contributed by atoms with van der Waals surface area (Å²) in [5.74, 6) is 0. The Morgan fingerprint density at radius 2 is 2.00 bits per heavy atom. The quantitative estimate of drug-likeness (QED) is 0.304. The van der Waals surface area contributed by atoms with Crippen LogP contribution in [-0.2, 0) is 4.43 Å². The van der Waals surface area contributed by atoms with E-state index in [4.69, 9.17) is 4.43 Å². The molecule has 0 saturated carbocycles. The molecule has 1 atom stereocenters. The zero-order chi connectivity index (χ0) is 8.74. The third-order valence-corrected chi connectivity index (χ3v) is 8.25. The van der Waals surface area contributed by atoms with E-state index in [-0.39, 0.29) is 0 Å². The molecule has 0 aliphatic carbocycles.